The maximum absolute atomic E-state index is 13.0. The Morgan fingerprint density at radius 3 is 1.14 bits per heavy atom. The lowest BCUT2D eigenvalue weighted by atomic mass is 10.0. The number of amides is 1. The lowest BCUT2D eigenvalue weighted by Crippen LogP contribution is -2.45. The van der Waals surface area contributed by atoms with Crippen molar-refractivity contribution in [1.29, 1.82) is 0 Å². The Balaban J connectivity index is 4.17. The molecule has 0 aromatic heterocycles. The number of carbonyl (C=O) groups is 1. The SMILES string of the molecule is CCCCCCCCCCC/C=C\C/C=C\CCCCCCCCCCCC(=O)NC(COP(=O)(O)OCC[N+](C)(C)C)C(O)/C=C/CCCCCCCCCCCCCCCCCCCCCCCCC. The molecule has 0 spiro atoms. The first-order chi connectivity index (χ1) is 35.0. The number of aliphatic hydroxyl groups excluding tert-OH is 1. The van der Waals surface area contributed by atoms with Crippen LogP contribution in [-0.4, -0.2) is 73.4 Å². The third kappa shape index (κ3) is 56.4. The van der Waals surface area contributed by atoms with Gasteiger partial charge in [0.15, 0.2) is 0 Å². The summed E-state index contributed by atoms with van der Waals surface area (Å²) in [5.41, 5.74) is 0. The summed E-state index contributed by atoms with van der Waals surface area (Å²) in [7, 11) is 1.58. The molecule has 9 heteroatoms. The maximum atomic E-state index is 13.0. The zero-order chi connectivity index (χ0) is 52.7. The number of phosphoric ester groups is 1. The van der Waals surface area contributed by atoms with E-state index in [1.54, 1.807) is 6.08 Å². The van der Waals surface area contributed by atoms with E-state index in [0.29, 0.717) is 17.4 Å². The molecule has 3 N–H and O–H groups in total. The van der Waals surface area contributed by atoms with Crippen molar-refractivity contribution in [2.24, 2.45) is 0 Å². The van der Waals surface area contributed by atoms with Gasteiger partial charge in [0.1, 0.15) is 13.2 Å². The molecule has 0 aromatic rings. The standard InChI is InChI=1S/C63H123N2O6P/c1-6-8-10-12-14-16-18-20-22-24-26-28-30-32-34-36-38-40-42-44-46-48-50-52-54-56-62(66)61(60-71-72(68,69)70-59-58-65(3,4)5)64-63(67)57-55-53-51-49-47-45-43-41-39-37-35-33-31-29-27-25-23-21-19-17-15-13-11-9-7-2/h27,29,33,35,54,56,61-62,66H,6-26,28,30-32,34,36-53,55,57-60H2,1-5H3,(H-,64,67,68,69)/p+1/b29-27-,35-33-,56-54+. The van der Waals surface area contributed by atoms with Gasteiger partial charge in [0.25, 0.3) is 0 Å². The van der Waals surface area contributed by atoms with Crippen molar-refractivity contribution >= 4 is 13.7 Å². The molecule has 1 amide bonds. The van der Waals surface area contributed by atoms with Crippen LogP contribution in [0.5, 0.6) is 0 Å². The molecule has 0 rings (SSSR count). The highest BCUT2D eigenvalue weighted by atomic mass is 31.2. The van der Waals surface area contributed by atoms with E-state index >= 15 is 0 Å². The van der Waals surface area contributed by atoms with Crippen LogP contribution >= 0.6 is 7.82 Å². The summed E-state index contributed by atoms with van der Waals surface area (Å²) in [5, 5.41) is 14.0. The van der Waals surface area contributed by atoms with Crippen molar-refractivity contribution in [2.45, 2.75) is 321 Å². The molecule has 0 radical (unpaired) electrons. The number of likely N-dealkylation sites (N-methyl/N-ethyl adjacent to an activating group) is 1. The van der Waals surface area contributed by atoms with E-state index in [9.17, 15) is 19.4 Å². The minimum atomic E-state index is -4.35. The lowest BCUT2D eigenvalue weighted by Gasteiger charge is -2.25. The first kappa shape index (κ1) is 70.7. The van der Waals surface area contributed by atoms with Crippen molar-refractivity contribution in [3.05, 3.63) is 36.5 Å². The number of carbonyl (C=O) groups excluding carboxylic acids is 1. The molecule has 0 aliphatic carbocycles. The van der Waals surface area contributed by atoms with Gasteiger partial charge in [-0.2, -0.15) is 0 Å². The van der Waals surface area contributed by atoms with Crippen molar-refractivity contribution in [1.82, 2.24) is 5.32 Å². The minimum absolute atomic E-state index is 0.0612. The third-order valence-electron chi connectivity index (χ3n) is 14.4. The topological polar surface area (TPSA) is 105 Å². The fourth-order valence-electron chi connectivity index (χ4n) is 9.43. The van der Waals surface area contributed by atoms with Crippen LogP contribution in [0.1, 0.15) is 309 Å². The number of aliphatic hydroxyl groups is 1. The molecular weight excluding hydrogens is 912 g/mol. The van der Waals surface area contributed by atoms with Gasteiger partial charge in [0.05, 0.1) is 39.9 Å². The van der Waals surface area contributed by atoms with Gasteiger partial charge in [0, 0.05) is 6.42 Å². The van der Waals surface area contributed by atoms with E-state index in [2.05, 4.69) is 43.5 Å². The van der Waals surface area contributed by atoms with Crippen LogP contribution in [0.3, 0.4) is 0 Å². The number of rotatable bonds is 58. The minimum Gasteiger partial charge on any atom is -0.387 e. The molecule has 0 saturated carbocycles. The van der Waals surface area contributed by atoms with E-state index in [0.717, 1.165) is 44.9 Å². The zero-order valence-corrected chi connectivity index (χ0v) is 49.6. The predicted octanol–water partition coefficient (Wildman–Crippen LogP) is 19.3. The summed E-state index contributed by atoms with van der Waals surface area (Å²) in [6.07, 6.45) is 71.1. The van der Waals surface area contributed by atoms with Crippen LogP contribution in [0, 0.1) is 0 Å². The first-order valence-corrected chi connectivity index (χ1v) is 32.9. The van der Waals surface area contributed by atoms with Crippen LogP contribution in [0.25, 0.3) is 0 Å². The molecule has 72 heavy (non-hydrogen) atoms. The van der Waals surface area contributed by atoms with Crippen LogP contribution in [0.4, 0.5) is 0 Å². The van der Waals surface area contributed by atoms with Gasteiger partial charge in [-0.1, -0.05) is 288 Å². The molecule has 426 valence electrons. The Kier molecular flexibility index (Phi) is 53.5. The Bertz CT molecular complexity index is 1270. The highest BCUT2D eigenvalue weighted by Gasteiger charge is 2.27. The second kappa shape index (κ2) is 54.5. The van der Waals surface area contributed by atoms with Crippen LogP contribution in [0.2, 0.25) is 0 Å². The monoisotopic (exact) mass is 1040 g/mol. The summed E-state index contributed by atoms with van der Waals surface area (Å²) >= 11 is 0. The number of nitrogens with zero attached hydrogens (tertiary/aromatic N) is 1. The Morgan fingerprint density at radius 2 is 0.792 bits per heavy atom. The predicted molar refractivity (Wildman–Crippen MR) is 314 cm³/mol. The number of phosphoric acid groups is 1. The fraction of sp³-hybridized carbons (Fsp3) is 0.889. The highest BCUT2D eigenvalue weighted by molar-refractivity contribution is 7.47. The van der Waals surface area contributed by atoms with Crippen molar-refractivity contribution in [3.63, 3.8) is 0 Å². The highest BCUT2D eigenvalue weighted by Crippen LogP contribution is 2.43. The Morgan fingerprint density at radius 1 is 0.472 bits per heavy atom. The van der Waals surface area contributed by atoms with Gasteiger partial charge in [-0.25, -0.2) is 4.57 Å². The number of hydrogen-bond acceptors (Lipinski definition) is 5. The zero-order valence-electron chi connectivity index (χ0n) is 48.7. The van der Waals surface area contributed by atoms with Crippen molar-refractivity contribution in [2.75, 3.05) is 40.9 Å². The average Bonchev–Trinajstić information content (AvgIpc) is 3.34. The van der Waals surface area contributed by atoms with Gasteiger partial charge >= 0.3 is 7.82 Å². The number of unbranched alkanes of at least 4 members (excludes halogenated alkanes) is 41. The summed E-state index contributed by atoms with van der Waals surface area (Å²) in [6, 6.07) is -0.850. The van der Waals surface area contributed by atoms with Gasteiger partial charge in [-0.15, -0.1) is 0 Å². The van der Waals surface area contributed by atoms with Crippen LogP contribution in [0.15, 0.2) is 36.5 Å². The second-order valence-corrected chi connectivity index (χ2v) is 24.2. The number of allylic oxidation sites excluding steroid dienone is 5. The van der Waals surface area contributed by atoms with Crippen LogP contribution < -0.4 is 5.32 Å². The van der Waals surface area contributed by atoms with E-state index in [4.69, 9.17) is 9.05 Å². The summed E-state index contributed by atoms with van der Waals surface area (Å²) in [6.45, 7) is 4.86. The largest absolute Gasteiger partial charge is 0.472 e. The van der Waals surface area contributed by atoms with E-state index in [1.165, 1.54) is 244 Å². The average molecular weight is 1040 g/mol. The second-order valence-electron chi connectivity index (χ2n) is 22.8. The molecule has 3 unspecified atom stereocenters. The van der Waals surface area contributed by atoms with Gasteiger partial charge in [-0.05, 0) is 51.4 Å². The molecule has 0 bridgehead atoms. The fourth-order valence-corrected chi connectivity index (χ4v) is 10.2. The van der Waals surface area contributed by atoms with E-state index < -0.39 is 20.0 Å². The normalized spacial score (nSPS) is 14.0. The molecular formula is C63H124N2O6P+. The molecule has 0 aliphatic rings. The summed E-state index contributed by atoms with van der Waals surface area (Å²) < 4.78 is 23.8. The van der Waals surface area contributed by atoms with Gasteiger partial charge < -0.3 is 19.8 Å². The number of nitrogens with one attached hydrogen (secondary N) is 1. The quantitative estimate of drug-likeness (QED) is 0.0243. The number of quaternary nitrogens is 1. The molecule has 0 aliphatic heterocycles. The molecule has 8 nitrogen and oxygen atoms in total. The van der Waals surface area contributed by atoms with Crippen LogP contribution in [-0.2, 0) is 18.4 Å². The van der Waals surface area contributed by atoms with Gasteiger partial charge in [0.2, 0.25) is 5.91 Å². The summed E-state index contributed by atoms with van der Waals surface area (Å²) in [4.78, 5) is 23.4. The molecule has 0 aromatic carbocycles. The van der Waals surface area contributed by atoms with Crippen molar-refractivity contribution < 1.29 is 32.9 Å². The molecule has 3 atom stereocenters. The van der Waals surface area contributed by atoms with E-state index in [-0.39, 0.29) is 19.1 Å². The smallest absolute Gasteiger partial charge is 0.387 e. The molecule has 0 heterocycles. The maximum Gasteiger partial charge on any atom is 0.472 e. The van der Waals surface area contributed by atoms with Crippen molar-refractivity contribution in [3.8, 4) is 0 Å². The Labute approximate surface area is 448 Å². The third-order valence-corrected chi connectivity index (χ3v) is 15.3. The van der Waals surface area contributed by atoms with Gasteiger partial charge in [-0.3, -0.25) is 13.8 Å². The van der Waals surface area contributed by atoms with E-state index in [1.807, 2.05) is 27.2 Å². The lowest BCUT2D eigenvalue weighted by molar-refractivity contribution is -0.870. The first-order valence-electron chi connectivity index (χ1n) is 31.4. The molecule has 0 fully saturated rings. The molecule has 0 saturated heterocycles. The Hall–Kier alpha value is -1.28. The summed E-state index contributed by atoms with van der Waals surface area (Å²) in [5.74, 6) is -0.177. The number of hydrogen-bond donors (Lipinski definition) is 3.